The fraction of sp³-hybridized carbons (Fsp3) is 0.364. The van der Waals surface area contributed by atoms with Gasteiger partial charge in [0.2, 0.25) is 0 Å². The summed E-state index contributed by atoms with van der Waals surface area (Å²) >= 11 is 0. The van der Waals surface area contributed by atoms with Crippen molar-refractivity contribution < 1.29 is 19.4 Å². The summed E-state index contributed by atoms with van der Waals surface area (Å²) in [4.78, 5) is 25.4. The minimum Gasteiger partial charge on any atom is -0.506 e. The van der Waals surface area contributed by atoms with E-state index in [1.54, 1.807) is 19.2 Å². The normalized spacial score (nSPS) is 12.0. The van der Waals surface area contributed by atoms with Crippen LogP contribution in [-0.4, -0.2) is 46.8 Å². The number of aromatic hydroxyl groups is 1. The van der Waals surface area contributed by atoms with Crippen molar-refractivity contribution in [3.8, 4) is 16.9 Å². The third kappa shape index (κ3) is 7.16. The summed E-state index contributed by atoms with van der Waals surface area (Å²) in [5, 5.41) is 18.7. The van der Waals surface area contributed by atoms with Crippen molar-refractivity contribution in [1.82, 2.24) is 15.1 Å². The molecule has 0 aliphatic heterocycles. The third-order valence-corrected chi connectivity index (χ3v) is 7.34. The van der Waals surface area contributed by atoms with Crippen molar-refractivity contribution in [1.29, 1.82) is 0 Å². The monoisotopic (exact) mass is 541 g/mol. The molecule has 2 N–H and O–H groups in total. The first-order chi connectivity index (χ1) is 19.4. The molecule has 1 heterocycles. The molecule has 1 atom stereocenters. The highest BCUT2D eigenvalue weighted by Crippen LogP contribution is 2.29. The Morgan fingerprint density at radius 2 is 1.88 bits per heavy atom. The largest absolute Gasteiger partial charge is 0.506 e. The van der Waals surface area contributed by atoms with E-state index in [2.05, 4.69) is 36.4 Å². The first-order valence-corrected chi connectivity index (χ1v) is 14.1. The lowest BCUT2D eigenvalue weighted by molar-refractivity contribution is 0.0933. The van der Waals surface area contributed by atoms with E-state index in [0.717, 1.165) is 47.9 Å². The number of Topliss-reactive ketones (excluding diaryl/α,β-unsaturated/α-hetero) is 1. The van der Waals surface area contributed by atoms with Crippen LogP contribution in [0.1, 0.15) is 65.3 Å². The zero-order chi connectivity index (χ0) is 28.5. The Morgan fingerprint density at radius 3 is 2.60 bits per heavy atom. The van der Waals surface area contributed by atoms with Gasteiger partial charge in [-0.25, -0.2) is 0 Å². The second-order valence-corrected chi connectivity index (χ2v) is 10.4. The zero-order valence-corrected chi connectivity index (χ0v) is 23.7. The molecule has 3 aromatic carbocycles. The van der Waals surface area contributed by atoms with Crippen LogP contribution in [0.25, 0.3) is 22.0 Å². The topological polar surface area (TPSA) is 93.5 Å². The van der Waals surface area contributed by atoms with Crippen LogP contribution in [0.3, 0.4) is 0 Å². The lowest BCUT2D eigenvalue weighted by Crippen LogP contribution is -2.26. The van der Waals surface area contributed by atoms with Crippen molar-refractivity contribution in [2.24, 2.45) is 5.92 Å². The number of benzene rings is 3. The Hall–Kier alpha value is -3.97. The average Bonchev–Trinajstić information content (AvgIpc) is 3.37. The molecule has 0 radical (unpaired) electrons. The second-order valence-electron chi connectivity index (χ2n) is 10.4. The quantitative estimate of drug-likeness (QED) is 0.139. The van der Waals surface area contributed by atoms with Crippen LogP contribution in [0, 0.1) is 12.8 Å². The lowest BCUT2D eigenvalue weighted by atomic mass is 9.93. The third-order valence-electron chi connectivity index (χ3n) is 7.34. The molecule has 210 valence electrons. The molecule has 0 saturated carbocycles. The number of phenolic OH excluding ortho intramolecular Hbond substituents is 1. The number of phenols is 1. The molecular weight excluding hydrogens is 502 g/mol. The highest BCUT2D eigenvalue weighted by atomic mass is 16.5. The number of hydrogen-bond acceptors (Lipinski definition) is 5. The molecule has 0 aliphatic carbocycles. The van der Waals surface area contributed by atoms with Gasteiger partial charge in [-0.3, -0.25) is 14.3 Å². The van der Waals surface area contributed by atoms with Gasteiger partial charge < -0.3 is 15.2 Å². The first-order valence-electron chi connectivity index (χ1n) is 14.1. The van der Waals surface area contributed by atoms with Gasteiger partial charge in [0.05, 0.1) is 23.1 Å². The second kappa shape index (κ2) is 13.9. The number of hydrogen-bond donors (Lipinski definition) is 2. The fourth-order valence-corrected chi connectivity index (χ4v) is 5.24. The fourth-order valence-electron chi connectivity index (χ4n) is 5.24. The minimum atomic E-state index is -0.345. The highest BCUT2D eigenvalue weighted by molar-refractivity contribution is 6.02. The van der Waals surface area contributed by atoms with Gasteiger partial charge in [-0.15, -0.1) is 0 Å². The molecule has 4 rings (SSSR count). The van der Waals surface area contributed by atoms with Crippen molar-refractivity contribution in [2.75, 3.05) is 20.3 Å². The van der Waals surface area contributed by atoms with Crippen LogP contribution in [-0.2, 0) is 11.3 Å². The summed E-state index contributed by atoms with van der Waals surface area (Å²) in [6.45, 7) is 5.67. The van der Waals surface area contributed by atoms with Crippen LogP contribution in [0.4, 0.5) is 0 Å². The van der Waals surface area contributed by atoms with E-state index in [0.29, 0.717) is 42.9 Å². The molecule has 4 aromatic rings. The van der Waals surface area contributed by atoms with Crippen molar-refractivity contribution in [2.45, 2.75) is 52.5 Å². The van der Waals surface area contributed by atoms with Gasteiger partial charge in [-0.2, -0.15) is 5.10 Å². The highest BCUT2D eigenvalue weighted by Gasteiger charge is 2.18. The van der Waals surface area contributed by atoms with Gasteiger partial charge >= 0.3 is 0 Å². The molecule has 40 heavy (non-hydrogen) atoms. The van der Waals surface area contributed by atoms with E-state index in [1.807, 2.05) is 47.3 Å². The Balaban J connectivity index is 1.36. The molecule has 0 spiro atoms. The number of aromatic nitrogens is 2. The summed E-state index contributed by atoms with van der Waals surface area (Å²) < 4.78 is 6.82. The van der Waals surface area contributed by atoms with Gasteiger partial charge in [-0.05, 0) is 67.0 Å². The molecule has 1 unspecified atom stereocenters. The maximum Gasteiger partial charge on any atom is 0.255 e. The number of nitrogens with one attached hydrogen (secondary N) is 1. The molecule has 0 bridgehead atoms. The molecular formula is C33H39N3O4. The Labute approximate surface area is 236 Å². The van der Waals surface area contributed by atoms with Gasteiger partial charge in [0.25, 0.3) is 5.91 Å². The Kier molecular flexibility index (Phi) is 10.1. The molecule has 1 amide bonds. The number of fused-ring (bicyclic) bond motifs is 1. The number of aryl methyl sites for hydroxylation is 1. The number of ketones is 1. The predicted molar refractivity (Wildman–Crippen MR) is 159 cm³/mol. The predicted octanol–water partition coefficient (Wildman–Crippen LogP) is 6.56. The van der Waals surface area contributed by atoms with E-state index in [1.165, 1.54) is 0 Å². The Morgan fingerprint density at radius 1 is 1.07 bits per heavy atom. The summed E-state index contributed by atoms with van der Waals surface area (Å²) in [5.74, 6) is 0.116. The van der Waals surface area contributed by atoms with Gasteiger partial charge in [0.15, 0.2) is 5.78 Å². The molecule has 7 heteroatoms. The summed E-state index contributed by atoms with van der Waals surface area (Å²) in [6.07, 6.45) is 6.09. The SMILES string of the molecule is CCCC(CCCC(=O)c1ccc(-c2ccccc2)c(C)c1)Cn1cc2c(O)c(C(=O)NCCOC)ccc2n1. The lowest BCUT2D eigenvalue weighted by Gasteiger charge is -2.16. The van der Waals surface area contributed by atoms with E-state index in [4.69, 9.17) is 4.74 Å². The number of amides is 1. The van der Waals surface area contributed by atoms with Gasteiger partial charge in [-0.1, -0.05) is 55.8 Å². The zero-order valence-electron chi connectivity index (χ0n) is 23.7. The molecule has 0 saturated heterocycles. The average molecular weight is 542 g/mol. The van der Waals surface area contributed by atoms with Crippen LogP contribution >= 0.6 is 0 Å². The maximum atomic E-state index is 13.0. The van der Waals surface area contributed by atoms with Crippen LogP contribution in [0.15, 0.2) is 66.9 Å². The van der Waals surface area contributed by atoms with E-state index >= 15 is 0 Å². The van der Waals surface area contributed by atoms with E-state index in [9.17, 15) is 14.7 Å². The maximum absolute atomic E-state index is 13.0. The Bertz CT molecular complexity index is 1450. The van der Waals surface area contributed by atoms with E-state index in [-0.39, 0.29) is 23.0 Å². The summed E-state index contributed by atoms with van der Waals surface area (Å²) in [5.41, 5.74) is 5.04. The smallest absolute Gasteiger partial charge is 0.255 e. The van der Waals surface area contributed by atoms with Crippen molar-refractivity contribution in [3.63, 3.8) is 0 Å². The van der Waals surface area contributed by atoms with Crippen molar-refractivity contribution in [3.05, 3.63) is 83.6 Å². The van der Waals surface area contributed by atoms with Gasteiger partial charge in [0.1, 0.15) is 5.75 Å². The molecule has 7 nitrogen and oxygen atoms in total. The van der Waals surface area contributed by atoms with Crippen LogP contribution in [0.2, 0.25) is 0 Å². The molecule has 1 aromatic heterocycles. The van der Waals surface area contributed by atoms with Gasteiger partial charge in [0, 0.05) is 38.4 Å². The molecule has 0 aliphatic rings. The molecule has 0 fully saturated rings. The van der Waals surface area contributed by atoms with Crippen LogP contribution in [0.5, 0.6) is 5.75 Å². The minimum absolute atomic E-state index is 0.0649. The first kappa shape index (κ1) is 29.0. The summed E-state index contributed by atoms with van der Waals surface area (Å²) in [7, 11) is 1.57. The number of methoxy groups -OCH3 is 1. The number of carbonyl (C=O) groups is 2. The summed E-state index contributed by atoms with van der Waals surface area (Å²) in [6, 6.07) is 19.6. The van der Waals surface area contributed by atoms with E-state index < -0.39 is 0 Å². The van der Waals surface area contributed by atoms with Crippen molar-refractivity contribution >= 4 is 22.6 Å². The number of rotatable bonds is 14. The number of carbonyl (C=O) groups excluding carboxylic acids is 2. The number of nitrogens with zero attached hydrogens (tertiary/aromatic N) is 2. The standard InChI is InChI=1S/C33H39N3O4/c1-4-9-24(10-8-13-31(37)26-14-15-27(23(2)20-26)25-11-6-5-7-12-25)21-36-22-29-30(35-36)17-16-28(32(29)38)33(39)34-18-19-40-3/h5-7,11-12,14-17,20,22,24,38H,4,8-10,13,18-19,21H2,1-3H3,(H,34,39). The van der Waals surface area contributed by atoms with Crippen LogP contribution < -0.4 is 5.32 Å². The number of ether oxygens (including phenoxy) is 1.